The third-order valence-corrected chi connectivity index (χ3v) is 5.63. The van der Waals surface area contributed by atoms with Crippen LogP contribution in [0.2, 0.25) is 0 Å². The van der Waals surface area contributed by atoms with E-state index in [1.165, 1.54) is 22.3 Å². The lowest BCUT2D eigenvalue weighted by molar-refractivity contribution is -0.143. The zero-order valence-electron chi connectivity index (χ0n) is 23.1. The highest BCUT2D eigenvalue weighted by Crippen LogP contribution is 2.30. The van der Waals surface area contributed by atoms with Crippen LogP contribution in [0.4, 0.5) is 0 Å². The first-order valence-corrected chi connectivity index (χ1v) is 12.7. The normalized spacial score (nSPS) is 14.5. The monoisotopic (exact) mass is 457 g/mol. The van der Waals surface area contributed by atoms with Gasteiger partial charge >= 0.3 is 5.97 Å². The van der Waals surface area contributed by atoms with Crippen molar-refractivity contribution in [2.75, 3.05) is 26.7 Å². The van der Waals surface area contributed by atoms with Crippen molar-refractivity contribution in [2.24, 2.45) is 5.41 Å². The zero-order chi connectivity index (χ0) is 25.3. The molecule has 0 aromatic carbocycles. The Morgan fingerprint density at radius 2 is 1.64 bits per heavy atom. The van der Waals surface area contributed by atoms with Gasteiger partial charge in [-0.05, 0) is 77.5 Å². The first-order valence-electron chi connectivity index (χ1n) is 12.7. The van der Waals surface area contributed by atoms with E-state index in [9.17, 15) is 4.79 Å². The first-order chi connectivity index (χ1) is 15.5. The van der Waals surface area contributed by atoms with Crippen molar-refractivity contribution in [1.29, 1.82) is 0 Å². The number of rotatable bonds is 15. The topological polar surface area (TPSA) is 29.5 Å². The molecule has 0 bridgehead atoms. The van der Waals surface area contributed by atoms with Crippen molar-refractivity contribution < 1.29 is 9.53 Å². The van der Waals surface area contributed by atoms with Crippen LogP contribution in [0, 0.1) is 5.41 Å². The van der Waals surface area contributed by atoms with Gasteiger partial charge in [0.1, 0.15) is 0 Å². The summed E-state index contributed by atoms with van der Waals surface area (Å²) in [5.74, 6) is -0.0814. The molecular formula is C30H51NO2. The Bertz CT molecular complexity index is 714. The van der Waals surface area contributed by atoms with E-state index in [1.54, 1.807) is 0 Å². The molecule has 0 amide bonds. The first kappa shape index (κ1) is 31.1. The van der Waals surface area contributed by atoms with E-state index in [2.05, 4.69) is 104 Å². The maximum atomic E-state index is 11.8. The molecule has 0 aromatic heterocycles. The number of unbranched alkanes of at least 4 members (excludes halogenated alkanes) is 1. The Balaban J connectivity index is 4.40. The maximum absolute atomic E-state index is 11.8. The molecule has 188 valence electrons. The molecule has 0 spiro atoms. The molecule has 0 N–H and O–H groups in total. The average Bonchev–Trinajstić information content (AvgIpc) is 2.73. The van der Waals surface area contributed by atoms with E-state index in [4.69, 9.17) is 4.74 Å². The summed E-state index contributed by atoms with van der Waals surface area (Å²) in [5.41, 5.74) is 5.47. The summed E-state index contributed by atoms with van der Waals surface area (Å²) < 4.78 is 5.33. The second kappa shape index (κ2) is 17.6. The Morgan fingerprint density at radius 3 is 2.24 bits per heavy atom. The zero-order valence-corrected chi connectivity index (χ0v) is 23.1. The lowest BCUT2D eigenvalue weighted by Crippen LogP contribution is -2.22. The number of hydrogen-bond acceptors (Lipinski definition) is 3. The molecule has 0 aliphatic carbocycles. The highest BCUT2D eigenvalue weighted by molar-refractivity contribution is 5.69. The highest BCUT2D eigenvalue weighted by Gasteiger charge is 2.16. The van der Waals surface area contributed by atoms with Gasteiger partial charge < -0.3 is 9.64 Å². The summed E-state index contributed by atoms with van der Waals surface area (Å²) in [5, 5.41) is 0. The molecule has 0 atom stereocenters. The van der Waals surface area contributed by atoms with Crippen LogP contribution in [-0.4, -0.2) is 37.6 Å². The van der Waals surface area contributed by atoms with Gasteiger partial charge in [0, 0.05) is 13.0 Å². The van der Waals surface area contributed by atoms with Crippen LogP contribution in [0.3, 0.4) is 0 Å². The standard InChI is InChI=1S/C30H51NO2/c1-10-22-31(9)23-15-24-33-29(32)19-13-12-16-25(3)17-14-18-26(4)20-21-28(27(5)11-2)30(6,7)8/h14,16-18,20-21H,10-13,15,19,22-24H2,1-9H3/b17-14+,21-20+,25-16+,26-18+,28-27-. The van der Waals surface area contributed by atoms with Crippen molar-refractivity contribution in [3.8, 4) is 0 Å². The van der Waals surface area contributed by atoms with Gasteiger partial charge in [0.15, 0.2) is 0 Å². The van der Waals surface area contributed by atoms with E-state index in [-0.39, 0.29) is 11.4 Å². The quantitative estimate of drug-likeness (QED) is 0.141. The van der Waals surface area contributed by atoms with Crippen LogP contribution < -0.4 is 0 Å². The molecule has 0 aromatic rings. The molecule has 3 heteroatoms. The molecule has 0 saturated carbocycles. The summed E-state index contributed by atoms with van der Waals surface area (Å²) in [6.45, 7) is 20.3. The Hall–Kier alpha value is -1.87. The molecule has 0 rings (SSSR count). The highest BCUT2D eigenvalue weighted by atomic mass is 16.5. The largest absolute Gasteiger partial charge is 0.466 e. The second-order valence-electron chi connectivity index (χ2n) is 10.1. The number of ether oxygens (including phenoxy) is 1. The second-order valence-corrected chi connectivity index (χ2v) is 10.1. The summed E-state index contributed by atoms with van der Waals surface area (Å²) >= 11 is 0. The summed E-state index contributed by atoms with van der Waals surface area (Å²) in [7, 11) is 2.11. The van der Waals surface area contributed by atoms with Gasteiger partial charge in [-0.15, -0.1) is 0 Å². The minimum Gasteiger partial charge on any atom is -0.466 e. The van der Waals surface area contributed by atoms with Crippen LogP contribution in [0.5, 0.6) is 0 Å². The van der Waals surface area contributed by atoms with Crippen LogP contribution in [0.25, 0.3) is 0 Å². The number of hydrogen-bond donors (Lipinski definition) is 0. The molecule has 0 saturated heterocycles. The average molecular weight is 458 g/mol. The molecule has 0 heterocycles. The third kappa shape index (κ3) is 16.4. The van der Waals surface area contributed by atoms with E-state index in [1.807, 2.05) is 0 Å². The number of carbonyl (C=O) groups is 1. The fraction of sp³-hybridized carbons (Fsp3) is 0.633. The molecule has 0 radical (unpaired) electrons. The van der Waals surface area contributed by atoms with Crippen LogP contribution in [0.1, 0.15) is 93.9 Å². The van der Waals surface area contributed by atoms with Gasteiger partial charge in [0.2, 0.25) is 0 Å². The number of esters is 1. The molecule has 0 aliphatic heterocycles. The van der Waals surface area contributed by atoms with Crippen molar-refractivity contribution in [3.63, 3.8) is 0 Å². The number of allylic oxidation sites excluding steroid dienone is 10. The number of carbonyl (C=O) groups excluding carboxylic acids is 1. The maximum Gasteiger partial charge on any atom is 0.305 e. The van der Waals surface area contributed by atoms with Crippen molar-refractivity contribution >= 4 is 5.97 Å². The van der Waals surface area contributed by atoms with Gasteiger partial charge in [0.25, 0.3) is 0 Å². The number of nitrogens with zero attached hydrogens (tertiary/aromatic N) is 1. The molecule has 33 heavy (non-hydrogen) atoms. The van der Waals surface area contributed by atoms with E-state index in [0.29, 0.717) is 13.0 Å². The minimum absolute atomic E-state index is 0.0814. The lowest BCUT2D eigenvalue weighted by atomic mass is 9.82. The fourth-order valence-electron chi connectivity index (χ4n) is 3.58. The van der Waals surface area contributed by atoms with E-state index >= 15 is 0 Å². The van der Waals surface area contributed by atoms with Crippen LogP contribution >= 0.6 is 0 Å². The minimum atomic E-state index is -0.0814. The molecule has 0 aliphatic rings. The summed E-state index contributed by atoms with van der Waals surface area (Å²) in [6, 6.07) is 0. The molecule has 0 fully saturated rings. The van der Waals surface area contributed by atoms with Crippen molar-refractivity contribution in [3.05, 3.63) is 58.7 Å². The SMILES string of the molecule is CCCN(C)CCCOC(=O)CCC/C=C(C)/C=C/C=C(C)/C=C/C(=C(\C)CC)C(C)(C)C. The van der Waals surface area contributed by atoms with Gasteiger partial charge in [-0.3, -0.25) is 4.79 Å². The molecular weight excluding hydrogens is 406 g/mol. The Kier molecular flexibility index (Phi) is 16.6. The Labute approximate surface area is 205 Å². The molecule has 0 unspecified atom stereocenters. The van der Waals surface area contributed by atoms with Crippen LogP contribution in [0.15, 0.2) is 58.7 Å². The summed E-state index contributed by atoms with van der Waals surface area (Å²) in [4.78, 5) is 14.1. The predicted molar refractivity (Wildman–Crippen MR) is 145 cm³/mol. The van der Waals surface area contributed by atoms with Crippen molar-refractivity contribution in [2.45, 2.75) is 93.9 Å². The van der Waals surface area contributed by atoms with Gasteiger partial charge in [0.05, 0.1) is 6.61 Å². The van der Waals surface area contributed by atoms with Crippen LogP contribution in [-0.2, 0) is 9.53 Å². The smallest absolute Gasteiger partial charge is 0.305 e. The van der Waals surface area contributed by atoms with Gasteiger partial charge in [-0.25, -0.2) is 0 Å². The third-order valence-electron chi connectivity index (χ3n) is 5.63. The summed E-state index contributed by atoms with van der Waals surface area (Å²) in [6.07, 6.45) is 18.4. The van der Waals surface area contributed by atoms with E-state index in [0.717, 1.165) is 45.2 Å². The van der Waals surface area contributed by atoms with Crippen molar-refractivity contribution in [1.82, 2.24) is 4.90 Å². The Morgan fingerprint density at radius 1 is 0.939 bits per heavy atom. The predicted octanol–water partition coefficient (Wildman–Crippen LogP) is 8.21. The molecule has 3 nitrogen and oxygen atoms in total. The van der Waals surface area contributed by atoms with Gasteiger partial charge in [-0.2, -0.15) is 0 Å². The fourth-order valence-corrected chi connectivity index (χ4v) is 3.58. The van der Waals surface area contributed by atoms with Gasteiger partial charge in [-0.1, -0.05) is 87.8 Å². The van der Waals surface area contributed by atoms with E-state index < -0.39 is 0 Å². The lowest BCUT2D eigenvalue weighted by Gasteiger charge is -2.23.